The van der Waals surface area contributed by atoms with E-state index in [1.54, 1.807) is 38.4 Å². The number of nitrogens with zero attached hydrogens (tertiary/aromatic N) is 1. The Morgan fingerprint density at radius 2 is 1.80 bits per heavy atom. The molecule has 2 amide bonds. The fourth-order valence-corrected chi connectivity index (χ4v) is 1.69. The Morgan fingerprint density at radius 3 is 2.25 bits per heavy atom. The third-order valence-electron chi connectivity index (χ3n) is 3.37. The van der Waals surface area contributed by atoms with Gasteiger partial charge in [0, 0.05) is 25.3 Å². The maximum absolute atomic E-state index is 11.9. The molecule has 0 saturated carbocycles. The SMILES string of the molecule is CCC(C)[C@H](N)C(=O)Nc1ccc(C(=O)N(C)C)cc1. The lowest BCUT2D eigenvalue weighted by Crippen LogP contribution is -2.40. The van der Waals surface area contributed by atoms with Gasteiger partial charge in [-0.2, -0.15) is 0 Å². The minimum Gasteiger partial charge on any atom is -0.345 e. The molecule has 0 heterocycles. The molecule has 0 spiro atoms. The van der Waals surface area contributed by atoms with Crippen LogP contribution in [0.15, 0.2) is 24.3 Å². The second-order valence-electron chi connectivity index (χ2n) is 5.18. The molecule has 0 aliphatic heterocycles. The van der Waals surface area contributed by atoms with E-state index >= 15 is 0 Å². The first-order chi connectivity index (χ1) is 9.36. The molecule has 2 atom stereocenters. The standard InChI is InChI=1S/C15H23N3O2/c1-5-10(2)13(16)14(19)17-12-8-6-11(7-9-12)15(20)18(3)4/h6-10,13H,5,16H2,1-4H3,(H,17,19)/t10?,13-/m0/s1. The summed E-state index contributed by atoms with van der Waals surface area (Å²) in [6.07, 6.45) is 0.852. The maximum atomic E-state index is 11.9. The summed E-state index contributed by atoms with van der Waals surface area (Å²) in [6.45, 7) is 3.95. The van der Waals surface area contributed by atoms with E-state index in [4.69, 9.17) is 5.73 Å². The van der Waals surface area contributed by atoms with Crippen LogP contribution >= 0.6 is 0 Å². The number of rotatable bonds is 5. The maximum Gasteiger partial charge on any atom is 0.253 e. The first-order valence-electron chi connectivity index (χ1n) is 6.75. The molecule has 5 heteroatoms. The number of carbonyl (C=O) groups is 2. The average Bonchev–Trinajstić information content (AvgIpc) is 2.45. The van der Waals surface area contributed by atoms with Crippen molar-refractivity contribution in [1.82, 2.24) is 4.90 Å². The van der Waals surface area contributed by atoms with Crippen molar-refractivity contribution in [3.63, 3.8) is 0 Å². The first-order valence-corrected chi connectivity index (χ1v) is 6.75. The van der Waals surface area contributed by atoms with Crippen molar-refractivity contribution in [2.75, 3.05) is 19.4 Å². The predicted octanol–water partition coefficient (Wildman–Crippen LogP) is 1.70. The Morgan fingerprint density at radius 1 is 1.25 bits per heavy atom. The lowest BCUT2D eigenvalue weighted by atomic mass is 9.99. The molecule has 0 saturated heterocycles. The van der Waals surface area contributed by atoms with Gasteiger partial charge in [-0.15, -0.1) is 0 Å². The van der Waals surface area contributed by atoms with Crippen LogP contribution in [-0.4, -0.2) is 36.9 Å². The summed E-state index contributed by atoms with van der Waals surface area (Å²) in [5.74, 6) is -0.144. The third kappa shape index (κ3) is 4.06. The number of hydrogen-bond acceptors (Lipinski definition) is 3. The quantitative estimate of drug-likeness (QED) is 0.860. The highest BCUT2D eigenvalue weighted by Crippen LogP contribution is 2.13. The van der Waals surface area contributed by atoms with Crippen molar-refractivity contribution in [3.8, 4) is 0 Å². The van der Waals surface area contributed by atoms with Gasteiger partial charge in [-0.05, 0) is 30.2 Å². The molecule has 1 aromatic rings. The molecule has 0 radical (unpaired) electrons. The van der Waals surface area contributed by atoms with Crippen LogP contribution in [0.5, 0.6) is 0 Å². The number of carbonyl (C=O) groups excluding carboxylic acids is 2. The summed E-state index contributed by atoms with van der Waals surface area (Å²) < 4.78 is 0. The number of nitrogens with one attached hydrogen (secondary N) is 1. The van der Waals surface area contributed by atoms with E-state index in [2.05, 4.69) is 5.32 Å². The van der Waals surface area contributed by atoms with Crippen LogP contribution in [0, 0.1) is 5.92 Å². The van der Waals surface area contributed by atoms with E-state index in [9.17, 15) is 9.59 Å². The van der Waals surface area contributed by atoms with Gasteiger partial charge >= 0.3 is 0 Å². The largest absolute Gasteiger partial charge is 0.345 e. The Balaban J connectivity index is 2.71. The minimum atomic E-state index is -0.525. The Bertz CT molecular complexity index is 469. The van der Waals surface area contributed by atoms with Crippen molar-refractivity contribution < 1.29 is 9.59 Å². The summed E-state index contributed by atoms with van der Waals surface area (Å²) in [7, 11) is 3.40. The highest BCUT2D eigenvalue weighted by Gasteiger charge is 2.19. The monoisotopic (exact) mass is 277 g/mol. The second-order valence-corrected chi connectivity index (χ2v) is 5.18. The topological polar surface area (TPSA) is 75.4 Å². The lowest BCUT2D eigenvalue weighted by molar-refractivity contribution is -0.118. The number of anilines is 1. The van der Waals surface area contributed by atoms with Gasteiger partial charge in [-0.3, -0.25) is 9.59 Å². The van der Waals surface area contributed by atoms with Gasteiger partial charge in [0.25, 0.3) is 5.91 Å². The van der Waals surface area contributed by atoms with Gasteiger partial charge in [0.2, 0.25) is 5.91 Å². The van der Waals surface area contributed by atoms with Gasteiger partial charge in [0.05, 0.1) is 6.04 Å². The van der Waals surface area contributed by atoms with Crippen molar-refractivity contribution >= 4 is 17.5 Å². The van der Waals surface area contributed by atoms with Crippen molar-refractivity contribution in [2.45, 2.75) is 26.3 Å². The van der Waals surface area contributed by atoms with Crippen LogP contribution in [0.3, 0.4) is 0 Å². The summed E-state index contributed by atoms with van der Waals surface area (Å²) in [6, 6.07) is 6.26. The molecular weight excluding hydrogens is 254 g/mol. The summed E-state index contributed by atoms with van der Waals surface area (Å²) in [4.78, 5) is 25.2. The van der Waals surface area contributed by atoms with E-state index in [1.807, 2.05) is 13.8 Å². The van der Waals surface area contributed by atoms with E-state index in [-0.39, 0.29) is 17.7 Å². The number of hydrogen-bond donors (Lipinski definition) is 2. The summed E-state index contributed by atoms with van der Waals surface area (Å²) >= 11 is 0. The van der Waals surface area contributed by atoms with Crippen LogP contribution in [-0.2, 0) is 4.79 Å². The van der Waals surface area contributed by atoms with Crippen LogP contribution in [0.2, 0.25) is 0 Å². The minimum absolute atomic E-state index is 0.0702. The average molecular weight is 277 g/mol. The Labute approximate surface area is 120 Å². The van der Waals surface area contributed by atoms with Crippen LogP contribution in [0.4, 0.5) is 5.69 Å². The molecule has 1 aromatic carbocycles. The lowest BCUT2D eigenvalue weighted by Gasteiger charge is -2.18. The highest BCUT2D eigenvalue weighted by atomic mass is 16.2. The van der Waals surface area contributed by atoms with Gasteiger partial charge in [0.15, 0.2) is 0 Å². The number of amides is 2. The molecule has 110 valence electrons. The van der Waals surface area contributed by atoms with Crippen LogP contribution < -0.4 is 11.1 Å². The summed E-state index contributed by atoms with van der Waals surface area (Å²) in [5, 5.41) is 2.76. The molecule has 3 N–H and O–H groups in total. The second kappa shape index (κ2) is 7.05. The van der Waals surface area contributed by atoms with E-state index in [0.717, 1.165) is 6.42 Å². The van der Waals surface area contributed by atoms with Gasteiger partial charge in [0.1, 0.15) is 0 Å². The molecule has 1 unspecified atom stereocenters. The van der Waals surface area contributed by atoms with E-state index in [1.165, 1.54) is 4.90 Å². The molecule has 0 fully saturated rings. The van der Waals surface area contributed by atoms with Gasteiger partial charge < -0.3 is 16.0 Å². The molecule has 20 heavy (non-hydrogen) atoms. The van der Waals surface area contributed by atoms with Crippen molar-refractivity contribution in [3.05, 3.63) is 29.8 Å². The summed E-state index contributed by atoms with van der Waals surface area (Å²) in [5.41, 5.74) is 7.09. The molecule has 5 nitrogen and oxygen atoms in total. The fourth-order valence-electron chi connectivity index (χ4n) is 1.69. The molecule has 0 aliphatic carbocycles. The van der Waals surface area contributed by atoms with Crippen molar-refractivity contribution in [2.24, 2.45) is 11.7 Å². The van der Waals surface area contributed by atoms with Crippen LogP contribution in [0.1, 0.15) is 30.6 Å². The molecule has 0 aromatic heterocycles. The zero-order valence-corrected chi connectivity index (χ0v) is 12.5. The molecule has 0 aliphatic rings. The van der Waals surface area contributed by atoms with Gasteiger partial charge in [-0.25, -0.2) is 0 Å². The van der Waals surface area contributed by atoms with Gasteiger partial charge in [-0.1, -0.05) is 20.3 Å². The zero-order chi connectivity index (χ0) is 15.3. The fraction of sp³-hybridized carbons (Fsp3) is 0.467. The van der Waals surface area contributed by atoms with E-state index < -0.39 is 6.04 Å². The zero-order valence-electron chi connectivity index (χ0n) is 12.5. The third-order valence-corrected chi connectivity index (χ3v) is 3.37. The molecular formula is C15H23N3O2. The van der Waals surface area contributed by atoms with Crippen LogP contribution in [0.25, 0.3) is 0 Å². The first kappa shape index (κ1) is 16.2. The Kier molecular flexibility index (Phi) is 5.70. The Hall–Kier alpha value is -1.88. The highest BCUT2D eigenvalue weighted by molar-refractivity contribution is 5.97. The number of nitrogens with two attached hydrogens (primary N) is 1. The molecule has 0 bridgehead atoms. The van der Waals surface area contributed by atoms with E-state index in [0.29, 0.717) is 11.3 Å². The van der Waals surface area contributed by atoms with Crippen molar-refractivity contribution in [1.29, 1.82) is 0 Å². The molecule has 1 rings (SSSR count). The normalized spacial score (nSPS) is 13.4. The predicted molar refractivity (Wildman–Crippen MR) is 80.5 cm³/mol. The number of benzene rings is 1. The smallest absolute Gasteiger partial charge is 0.253 e.